The fourth-order valence-electron chi connectivity index (χ4n) is 1.08. The lowest BCUT2D eigenvalue weighted by Gasteiger charge is -2.22. The van der Waals surface area contributed by atoms with Crippen LogP contribution in [0.5, 0.6) is 0 Å². The maximum atomic E-state index is 11.6. The van der Waals surface area contributed by atoms with Gasteiger partial charge in [0.25, 0.3) is 10.2 Å². The summed E-state index contributed by atoms with van der Waals surface area (Å²) in [7, 11) is -0.410. The Morgan fingerprint density at radius 2 is 2.00 bits per heavy atom. The van der Waals surface area contributed by atoms with Crippen LogP contribution in [0.3, 0.4) is 0 Å². The van der Waals surface area contributed by atoms with E-state index in [0.29, 0.717) is 6.61 Å². The van der Waals surface area contributed by atoms with Crippen LogP contribution >= 0.6 is 0 Å². The molecular weight excluding hydrogens is 218 g/mol. The number of nitrogens with zero attached hydrogens (tertiary/aromatic N) is 1. The molecule has 6 nitrogen and oxygen atoms in total. The highest BCUT2D eigenvalue weighted by molar-refractivity contribution is 7.87. The Labute approximate surface area is 92.0 Å². The van der Waals surface area contributed by atoms with Crippen LogP contribution in [0.1, 0.15) is 13.8 Å². The fourth-order valence-corrected chi connectivity index (χ4v) is 2.25. The van der Waals surface area contributed by atoms with Gasteiger partial charge in [-0.15, -0.1) is 0 Å². The van der Waals surface area contributed by atoms with Crippen LogP contribution in [0.2, 0.25) is 0 Å². The molecule has 0 aromatic rings. The van der Waals surface area contributed by atoms with Crippen LogP contribution in [-0.2, 0) is 14.9 Å². The molecule has 0 amide bonds. The van der Waals surface area contributed by atoms with Crippen LogP contribution in [0, 0.1) is 0 Å². The van der Waals surface area contributed by atoms with Crippen LogP contribution in [0.4, 0.5) is 0 Å². The van der Waals surface area contributed by atoms with Crippen molar-refractivity contribution in [2.75, 3.05) is 27.3 Å². The predicted molar refractivity (Wildman–Crippen MR) is 59.7 cm³/mol. The molecule has 0 aliphatic carbocycles. The Morgan fingerprint density at radius 3 is 2.40 bits per heavy atom. The van der Waals surface area contributed by atoms with Gasteiger partial charge in [0.1, 0.15) is 0 Å². The van der Waals surface area contributed by atoms with Crippen molar-refractivity contribution in [2.24, 2.45) is 5.73 Å². The number of likely N-dealkylation sites (N-methyl/N-ethyl adjacent to an activating group) is 1. The first kappa shape index (κ1) is 14.8. The smallest absolute Gasteiger partial charge is 0.279 e. The maximum absolute atomic E-state index is 11.6. The SMILES string of the molecule is COCC(N)CN(C)S(=O)(=O)NC(C)C. The maximum Gasteiger partial charge on any atom is 0.279 e. The summed E-state index contributed by atoms with van der Waals surface area (Å²) in [5, 5.41) is 0. The van der Waals surface area contributed by atoms with Gasteiger partial charge in [-0.25, -0.2) is 0 Å². The number of nitrogens with one attached hydrogen (secondary N) is 1. The average Bonchev–Trinajstić information content (AvgIpc) is 2.01. The van der Waals surface area contributed by atoms with E-state index in [0.717, 1.165) is 0 Å². The van der Waals surface area contributed by atoms with Crippen molar-refractivity contribution in [1.29, 1.82) is 0 Å². The first-order valence-corrected chi connectivity index (χ1v) is 6.21. The average molecular weight is 239 g/mol. The van der Waals surface area contributed by atoms with Crippen molar-refractivity contribution in [3.8, 4) is 0 Å². The molecule has 92 valence electrons. The summed E-state index contributed by atoms with van der Waals surface area (Å²) in [4.78, 5) is 0. The van der Waals surface area contributed by atoms with Gasteiger partial charge in [-0.1, -0.05) is 0 Å². The molecule has 0 spiro atoms. The molecule has 0 aliphatic rings. The van der Waals surface area contributed by atoms with Gasteiger partial charge in [-0.2, -0.15) is 17.4 Å². The minimum Gasteiger partial charge on any atom is -0.383 e. The molecule has 0 radical (unpaired) electrons. The van der Waals surface area contributed by atoms with Gasteiger partial charge in [0.05, 0.1) is 6.61 Å². The highest BCUT2D eigenvalue weighted by Crippen LogP contribution is 1.97. The van der Waals surface area contributed by atoms with Gasteiger partial charge in [0.15, 0.2) is 0 Å². The lowest BCUT2D eigenvalue weighted by Crippen LogP contribution is -2.47. The largest absolute Gasteiger partial charge is 0.383 e. The zero-order valence-electron chi connectivity index (χ0n) is 9.73. The third-order valence-electron chi connectivity index (χ3n) is 1.67. The summed E-state index contributed by atoms with van der Waals surface area (Å²) in [6, 6.07) is -0.445. The molecular formula is C8H21N3O3S. The summed E-state index contributed by atoms with van der Waals surface area (Å²) in [5.74, 6) is 0. The molecule has 0 saturated carbocycles. The summed E-state index contributed by atoms with van der Waals surface area (Å²) < 4.78 is 31.7. The zero-order chi connectivity index (χ0) is 12.1. The summed E-state index contributed by atoms with van der Waals surface area (Å²) in [6.45, 7) is 4.10. The molecule has 0 aromatic carbocycles. The molecule has 0 fully saturated rings. The quantitative estimate of drug-likeness (QED) is 0.605. The van der Waals surface area contributed by atoms with Crippen molar-refractivity contribution in [3.63, 3.8) is 0 Å². The van der Waals surface area contributed by atoms with Crippen LogP contribution < -0.4 is 10.5 Å². The van der Waals surface area contributed by atoms with Gasteiger partial charge in [0, 0.05) is 32.8 Å². The minimum absolute atomic E-state index is 0.129. The zero-order valence-corrected chi connectivity index (χ0v) is 10.5. The molecule has 1 unspecified atom stereocenters. The van der Waals surface area contributed by atoms with E-state index < -0.39 is 10.2 Å². The predicted octanol–water partition coefficient (Wildman–Crippen LogP) is -0.865. The Morgan fingerprint density at radius 1 is 1.47 bits per heavy atom. The van der Waals surface area contributed by atoms with Crippen molar-refractivity contribution in [2.45, 2.75) is 25.9 Å². The highest BCUT2D eigenvalue weighted by Gasteiger charge is 2.20. The molecule has 0 aromatic heterocycles. The monoisotopic (exact) mass is 239 g/mol. The molecule has 1 atom stereocenters. The van der Waals surface area contributed by atoms with E-state index in [2.05, 4.69) is 4.72 Å². The summed E-state index contributed by atoms with van der Waals surface area (Å²) in [5.41, 5.74) is 5.65. The van der Waals surface area contributed by atoms with Gasteiger partial charge in [-0.3, -0.25) is 0 Å². The standard InChI is InChI=1S/C8H21N3O3S/c1-7(2)10-15(12,13)11(3)5-8(9)6-14-4/h7-8,10H,5-6,9H2,1-4H3. The molecule has 0 saturated heterocycles. The lowest BCUT2D eigenvalue weighted by atomic mass is 10.3. The minimum atomic E-state index is -3.43. The number of ether oxygens (including phenoxy) is 1. The van der Waals surface area contributed by atoms with Gasteiger partial charge in [-0.05, 0) is 13.8 Å². The second-order valence-electron chi connectivity index (χ2n) is 3.77. The normalized spacial score (nSPS) is 14.9. The number of nitrogens with two attached hydrogens (primary N) is 1. The molecule has 3 N–H and O–H groups in total. The number of methoxy groups -OCH3 is 1. The number of rotatable bonds is 7. The Hall–Kier alpha value is -0.210. The van der Waals surface area contributed by atoms with Crippen LogP contribution in [0.15, 0.2) is 0 Å². The van der Waals surface area contributed by atoms with Crippen molar-refractivity contribution in [1.82, 2.24) is 9.03 Å². The van der Waals surface area contributed by atoms with E-state index in [1.54, 1.807) is 13.8 Å². The topological polar surface area (TPSA) is 84.7 Å². The summed E-state index contributed by atoms with van der Waals surface area (Å²) >= 11 is 0. The van der Waals surface area contributed by atoms with Crippen molar-refractivity contribution in [3.05, 3.63) is 0 Å². The second kappa shape index (κ2) is 6.39. The van der Waals surface area contributed by atoms with Gasteiger partial charge in [0.2, 0.25) is 0 Å². The molecule has 15 heavy (non-hydrogen) atoms. The van der Waals surface area contributed by atoms with Crippen molar-refractivity contribution < 1.29 is 13.2 Å². The van der Waals surface area contributed by atoms with E-state index in [4.69, 9.17) is 10.5 Å². The Balaban J connectivity index is 4.25. The second-order valence-corrected chi connectivity index (χ2v) is 5.58. The lowest BCUT2D eigenvalue weighted by molar-refractivity contribution is 0.173. The highest BCUT2D eigenvalue weighted by atomic mass is 32.2. The third-order valence-corrected chi connectivity index (χ3v) is 3.41. The first-order chi connectivity index (χ1) is 6.79. The van der Waals surface area contributed by atoms with E-state index in [1.807, 2.05) is 0 Å². The third kappa shape index (κ3) is 6.06. The van der Waals surface area contributed by atoms with Gasteiger partial charge >= 0.3 is 0 Å². The van der Waals surface area contributed by atoms with Crippen LogP contribution in [-0.4, -0.2) is 52.1 Å². The van der Waals surface area contributed by atoms with E-state index in [1.165, 1.54) is 18.5 Å². The Bertz CT molecular complexity index is 266. The van der Waals surface area contributed by atoms with E-state index in [-0.39, 0.29) is 18.6 Å². The number of hydrogen-bond acceptors (Lipinski definition) is 4. The molecule has 0 heterocycles. The summed E-state index contributed by atoms with van der Waals surface area (Å²) in [6.07, 6.45) is 0. The molecule has 0 rings (SSSR count). The Kier molecular flexibility index (Phi) is 6.30. The fraction of sp³-hybridized carbons (Fsp3) is 1.00. The molecule has 7 heteroatoms. The van der Waals surface area contributed by atoms with E-state index >= 15 is 0 Å². The van der Waals surface area contributed by atoms with E-state index in [9.17, 15) is 8.42 Å². The van der Waals surface area contributed by atoms with Crippen LogP contribution in [0.25, 0.3) is 0 Å². The number of hydrogen-bond donors (Lipinski definition) is 2. The van der Waals surface area contributed by atoms with Crippen molar-refractivity contribution >= 4 is 10.2 Å². The first-order valence-electron chi connectivity index (χ1n) is 4.77. The van der Waals surface area contributed by atoms with Gasteiger partial charge < -0.3 is 10.5 Å². The molecule has 0 aliphatic heterocycles. The molecule has 0 bridgehead atoms.